The zero-order valence-electron chi connectivity index (χ0n) is 20.7. The quantitative estimate of drug-likeness (QED) is 0.582. The second kappa shape index (κ2) is 11.8. The zero-order valence-corrected chi connectivity index (χ0v) is 20.7. The smallest absolute Gasteiger partial charge is 0.274 e. The maximum Gasteiger partial charge on any atom is 0.274 e. The minimum Gasteiger partial charge on any atom is -0.356 e. The molecule has 9 nitrogen and oxygen atoms in total. The van der Waals surface area contributed by atoms with Crippen LogP contribution in [0, 0.1) is 0 Å². The molecule has 4 heterocycles. The monoisotopic (exact) mass is 472 g/mol. The van der Waals surface area contributed by atoms with Crippen molar-refractivity contribution in [3.63, 3.8) is 0 Å². The first-order chi connectivity index (χ1) is 16.5. The van der Waals surface area contributed by atoms with Crippen LogP contribution in [0.3, 0.4) is 0 Å². The van der Waals surface area contributed by atoms with E-state index >= 15 is 0 Å². The van der Waals surface area contributed by atoms with E-state index in [1.165, 1.54) is 38.8 Å². The van der Waals surface area contributed by atoms with Gasteiger partial charge >= 0.3 is 0 Å². The highest BCUT2D eigenvalue weighted by Gasteiger charge is 2.32. The fourth-order valence-corrected chi connectivity index (χ4v) is 5.40. The Morgan fingerprint density at radius 1 is 0.882 bits per heavy atom. The molecule has 0 unspecified atom stereocenters. The molecule has 1 N–H and O–H groups in total. The summed E-state index contributed by atoms with van der Waals surface area (Å²) in [5.41, 5.74) is 2.39. The molecule has 1 aromatic heterocycles. The van der Waals surface area contributed by atoms with Crippen molar-refractivity contribution in [3.8, 4) is 0 Å². The van der Waals surface area contributed by atoms with Gasteiger partial charge in [-0.25, -0.2) is 0 Å². The van der Waals surface area contributed by atoms with E-state index in [1.54, 1.807) is 9.58 Å². The predicted octanol–water partition coefficient (Wildman–Crippen LogP) is 1.70. The molecule has 0 atom stereocenters. The van der Waals surface area contributed by atoms with E-state index in [2.05, 4.69) is 15.3 Å². The topological polar surface area (TPSA) is 90.8 Å². The van der Waals surface area contributed by atoms with E-state index in [4.69, 9.17) is 0 Å². The number of aryl methyl sites for hydroxylation is 1. The van der Waals surface area contributed by atoms with Gasteiger partial charge < -0.3 is 20.0 Å². The Morgan fingerprint density at radius 3 is 2.32 bits per heavy atom. The molecule has 9 heteroatoms. The van der Waals surface area contributed by atoms with E-state index in [0.29, 0.717) is 31.7 Å². The fraction of sp³-hybridized carbons (Fsp3) is 0.760. The molecule has 2 fully saturated rings. The molecular weight excluding hydrogens is 432 g/mol. The van der Waals surface area contributed by atoms with Crippen LogP contribution < -0.4 is 5.32 Å². The van der Waals surface area contributed by atoms with Crippen molar-refractivity contribution in [3.05, 3.63) is 17.0 Å². The summed E-state index contributed by atoms with van der Waals surface area (Å²) in [6, 6.07) is 0. The Hall–Kier alpha value is -2.42. The summed E-state index contributed by atoms with van der Waals surface area (Å²) >= 11 is 0. The predicted molar refractivity (Wildman–Crippen MR) is 129 cm³/mol. The molecule has 0 aromatic carbocycles. The third-order valence-corrected chi connectivity index (χ3v) is 7.43. The molecule has 0 bridgehead atoms. The van der Waals surface area contributed by atoms with Gasteiger partial charge in [0.2, 0.25) is 11.8 Å². The molecule has 0 spiro atoms. The minimum absolute atomic E-state index is 0.0248. The second-order valence-electron chi connectivity index (χ2n) is 9.92. The second-order valence-corrected chi connectivity index (χ2v) is 9.92. The summed E-state index contributed by atoms with van der Waals surface area (Å²) in [7, 11) is 1.87. The molecule has 3 aliphatic rings. The van der Waals surface area contributed by atoms with E-state index in [-0.39, 0.29) is 30.6 Å². The van der Waals surface area contributed by atoms with Crippen molar-refractivity contribution in [2.45, 2.75) is 70.8 Å². The highest BCUT2D eigenvalue weighted by Crippen LogP contribution is 2.25. The maximum absolute atomic E-state index is 13.0. The van der Waals surface area contributed by atoms with Crippen LogP contribution >= 0.6 is 0 Å². The van der Waals surface area contributed by atoms with Crippen LogP contribution in [-0.2, 0) is 29.6 Å². The number of carbonyl (C=O) groups excluding carboxylic acids is 3. The molecule has 3 amide bonds. The number of hydrogen-bond acceptors (Lipinski definition) is 5. The van der Waals surface area contributed by atoms with Gasteiger partial charge in [0.25, 0.3) is 5.91 Å². The van der Waals surface area contributed by atoms with Crippen molar-refractivity contribution in [1.82, 2.24) is 29.8 Å². The number of nitrogens with one attached hydrogen (secondary N) is 1. The SMILES string of the molecule is Cn1nc(C(=O)N2CCCC2)c2c1CCN(C(=O)CCC(=O)NCCCN1CCCCCC1)C2. The summed E-state index contributed by atoms with van der Waals surface area (Å²) in [4.78, 5) is 44.2. The van der Waals surface area contributed by atoms with Gasteiger partial charge in [0, 0.05) is 70.3 Å². The Labute approximate surface area is 202 Å². The number of hydrogen-bond donors (Lipinski definition) is 1. The lowest BCUT2D eigenvalue weighted by molar-refractivity contribution is -0.134. The van der Waals surface area contributed by atoms with Crippen molar-refractivity contribution >= 4 is 17.7 Å². The summed E-state index contributed by atoms with van der Waals surface area (Å²) < 4.78 is 1.79. The Kier molecular flexibility index (Phi) is 8.59. The van der Waals surface area contributed by atoms with Gasteiger partial charge in [0.1, 0.15) is 0 Å². The summed E-state index contributed by atoms with van der Waals surface area (Å²) in [6.45, 7) is 6.58. The largest absolute Gasteiger partial charge is 0.356 e. The molecule has 0 radical (unpaired) electrons. The van der Waals surface area contributed by atoms with E-state index < -0.39 is 0 Å². The number of likely N-dealkylation sites (tertiary alicyclic amines) is 2. The number of carbonyl (C=O) groups is 3. The van der Waals surface area contributed by atoms with Crippen LogP contribution in [0.1, 0.15) is 79.5 Å². The number of aromatic nitrogens is 2. The standard InChI is InChI=1S/C25H40N6O3/c1-28-21-11-18-31(19-20(21)24(27-28)25(34)30-16-6-7-17-30)23(33)10-9-22(32)26-12-8-15-29-13-4-2-3-5-14-29/h2-19H2,1H3,(H,26,32). The van der Waals surface area contributed by atoms with Gasteiger partial charge in [0.05, 0.1) is 0 Å². The molecule has 2 saturated heterocycles. The lowest BCUT2D eigenvalue weighted by atomic mass is 10.0. The number of fused-ring (bicyclic) bond motifs is 1. The summed E-state index contributed by atoms with van der Waals surface area (Å²) in [5.74, 6) is -0.120. The Bertz CT molecular complexity index is 868. The van der Waals surface area contributed by atoms with Crippen LogP contribution in [0.15, 0.2) is 0 Å². The first-order valence-electron chi connectivity index (χ1n) is 13.1. The minimum atomic E-state index is -0.0619. The lowest BCUT2D eigenvalue weighted by Crippen LogP contribution is -2.38. The lowest BCUT2D eigenvalue weighted by Gasteiger charge is -2.28. The van der Waals surface area contributed by atoms with Crippen molar-refractivity contribution in [2.75, 3.05) is 45.8 Å². The van der Waals surface area contributed by atoms with Crippen LogP contribution in [-0.4, -0.2) is 88.0 Å². The number of nitrogens with zero attached hydrogens (tertiary/aromatic N) is 5. The van der Waals surface area contributed by atoms with Gasteiger partial charge in [-0.15, -0.1) is 0 Å². The Morgan fingerprint density at radius 2 is 1.59 bits per heavy atom. The third kappa shape index (κ3) is 6.17. The van der Waals surface area contributed by atoms with Gasteiger partial charge in [-0.1, -0.05) is 12.8 Å². The molecule has 0 saturated carbocycles. The average Bonchev–Trinajstić information content (AvgIpc) is 3.41. The van der Waals surface area contributed by atoms with Gasteiger partial charge in [0.15, 0.2) is 5.69 Å². The van der Waals surface area contributed by atoms with Crippen molar-refractivity contribution in [1.29, 1.82) is 0 Å². The summed E-state index contributed by atoms with van der Waals surface area (Å²) in [6.07, 6.45) is 9.31. The molecular formula is C25H40N6O3. The molecule has 3 aliphatic heterocycles. The average molecular weight is 473 g/mol. The van der Waals surface area contributed by atoms with Crippen LogP contribution in [0.25, 0.3) is 0 Å². The van der Waals surface area contributed by atoms with Crippen LogP contribution in [0.4, 0.5) is 0 Å². The van der Waals surface area contributed by atoms with Gasteiger partial charge in [-0.3, -0.25) is 19.1 Å². The third-order valence-electron chi connectivity index (χ3n) is 7.43. The maximum atomic E-state index is 13.0. The van der Waals surface area contributed by atoms with Gasteiger partial charge in [-0.2, -0.15) is 5.10 Å². The Balaban J connectivity index is 1.21. The van der Waals surface area contributed by atoms with E-state index in [0.717, 1.165) is 50.2 Å². The van der Waals surface area contributed by atoms with Crippen LogP contribution in [0.2, 0.25) is 0 Å². The van der Waals surface area contributed by atoms with E-state index in [9.17, 15) is 14.4 Å². The summed E-state index contributed by atoms with van der Waals surface area (Å²) in [5, 5.41) is 7.48. The van der Waals surface area contributed by atoms with E-state index in [1.807, 2.05) is 11.9 Å². The number of rotatable bonds is 8. The van der Waals surface area contributed by atoms with Crippen LogP contribution in [0.5, 0.6) is 0 Å². The molecule has 188 valence electrons. The molecule has 0 aliphatic carbocycles. The molecule has 34 heavy (non-hydrogen) atoms. The first kappa shape index (κ1) is 24.7. The normalized spacial score (nSPS) is 19.1. The van der Waals surface area contributed by atoms with Gasteiger partial charge in [-0.05, 0) is 51.7 Å². The van der Waals surface area contributed by atoms with Crippen molar-refractivity contribution < 1.29 is 14.4 Å². The fourth-order valence-electron chi connectivity index (χ4n) is 5.40. The number of amides is 3. The zero-order chi connectivity index (χ0) is 23.9. The highest BCUT2D eigenvalue weighted by atomic mass is 16.2. The molecule has 4 rings (SSSR count). The highest BCUT2D eigenvalue weighted by molar-refractivity contribution is 5.94. The van der Waals surface area contributed by atoms with Crippen molar-refractivity contribution in [2.24, 2.45) is 7.05 Å². The molecule has 1 aromatic rings. The first-order valence-corrected chi connectivity index (χ1v) is 13.1.